The van der Waals surface area contributed by atoms with Crippen molar-refractivity contribution in [2.45, 2.75) is 58.6 Å². The fraction of sp³-hybridized carbons (Fsp3) is 0.438. The molecule has 1 unspecified atom stereocenters. The maximum atomic E-state index is 6.55. The summed E-state index contributed by atoms with van der Waals surface area (Å²) >= 11 is 0. The van der Waals surface area contributed by atoms with E-state index in [-0.39, 0.29) is 5.60 Å². The average molecular weight is 484 g/mol. The smallest absolute Gasteiger partial charge is 0.127 e. The Kier molecular flexibility index (Phi) is 7.09. The summed E-state index contributed by atoms with van der Waals surface area (Å²) in [5, 5.41) is 3.77. The number of benzene rings is 3. The van der Waals surface area contributed by atoms with E-state index in [1.165, 1.54) is 40.7 Å². The highest BCUT2D eigenvalue weighted by molar-refractivity contribution is 5.66. The Labute approximate surface area is 216 Å². The summed E-state index contributed by atoms with van der Waals surface area (Å²) < 4.78 is 6.55. The minimum absolute atomic E-state index is 0.218. The number of piperidine rings is 1. The van der Waals surface area contributed by atoms with Gasteiger partial charge in [-0.25, -0.2) is 0 Å². The minimum atomic E-state index is -0.218. The first-order valence-electron chi connectivity index (χ1n) is 13.5. The maximum Gasteiger partial charge on any atom is 0.127 e. The number of nitrogens with one attached hydrogen (secondary N) is 1. The Morgan fingerprint density at radius 2 is 1.50 bits per heavy atom. The molecule has 1 fully saturated rings. The number of nitrogens with two attached hydrogens (primary N) is 1. The van der Waals surface area contributed by atoms with Crippen LogP contribution in [0.1, 0.15) is 59.2 Å². The van der Waals surface area contributed by atoms with Crippen molar-refractivity contribution in [3.8, 4) is 5.75 Å². The van der Waals surface area contributed by atoms with Crippen LogP contribution < -0.4 is 15.8 Å². The highest BCUT2D eigenvalue weighted by Gasteiger charge is 2.38. The molecule has 3 aromatic carbocycles. The molecule has 0 aliphatic carbocycles. The molecule has 1 atom stereocenters. The van der Waals surface area contributed by atoms with Crippen molar-refractivity contribution in [3.63, 3.8) is 0 Å². The van der Waals surface area contributed by atoms with Crippen LogP contribution >= 0.6 is 0 Å². The van der Waals surface area contributed by atoms with Gasteiger partial charge in [-0.15, -0.1) is 0 Å². The van der Waals surface area contributed by atoms with Crippen LogP contribution in [0.5, 0.6) is 5.75 Å². The standard InChI is InChI=1S/C32H41N3O/c1-22-23(2)31-28(24(3)29(22)33)19-32(4,36-31)21-34-20-25-15-17-35(18-16-25)30(26-11-7-5-8-12-26)27-13-9-6-10-14-27/h5-14,25,30,34H,15-21,33H2,1-4H3. The molecule has 0 spiro atoms. The number of nitrogen functional groups attached to an aromatic ring is 1. The predicted octanol–water partition coefficient (Wildman–Crippen LogP) is 5.98. The van der Waals surface area contributed by atoms with E-state index < -0.39 is 0 Å². The van der Waals surface area contributed by atoms with Gasteiger partial charge in [0.05, 0.1) is 6.04 Å². The van der Waals surface area contributed by atoms with Gasteiger partial charge in [0.15, 0.2) is 0 Å². The van der Waals surface area contributed by atoms with Crippen molar-refractivity contribution in [1.82, 2.24) is 10.2 Å². The third-order valence-corrected chi connectivity index (χ3v) is 8.51. The number of nitrogens with zero attached hydrogens (tertiary/aromatic N) is 1. The molecule has 0 bridgehead atoms. The van der Waals surface area contributed by atoms with Gasteiger partial charge in [0.25, 0.3) is 0 Å². The molecule has 4 nitrogen and oxygen atoms in total. The van der Waals surface area contributed by atoms with Crippen LogP contribution in [-0.2, 0) is 6.42 Å². The lowest BCUT2D eigenvalue weighted by Crippen LogP contribution is -2.45. The van der Waals surface area contributed by atoms with Crippen LogP contribution in [0.3, 0.4) is 0 Å². The number of ether oxygens (including phenoxy) is 1. The summed E-state index contributed by atoms with van der Waals surface area (Å²) in [6.45, 7) is 12.7. The van der Waals surface area contributed by atoms with Gasteiger partial charge in [-0.3, -0.25) is 4.90 Å². The molecule has 190 valence electrons. The topological polar surface area (TPSA) is 50.5 Å². The van der Waals surface area contributed by atoms with Gasteiger partial charge < -0.3 is 15.8 Å². The summed E-state index contributed by atoms with van der Waals surface area (Å²) in [5.41, 5.74) is 14.7. The minimum Gasteiger partial charge on any atom is -0.485 e. The van der Waals surface area contributed by atoms with Gasteiger partial charge >= 0.3 is 0 Å². The molecule has 2 heterocycles. The van der Waals surface area contributed by atoms with E-state index in [9.17, 15) is 0 Å². The second kappa shape index (κ2) is 10.3. The number of hydrogen-bond donors (Lipinski definition) is 2. The molecular weight excluding hydrogens is 442 g/mol. The first-order chi connectivity index (χ1) is 17.4. The molecule has 0 aromatic heterocycles. The van der Waals surface area contributed by atoms with Crippen LogP contribution in [0, 0.1) is 26.7 Å². The van der Waals surface area contributed by atoms with Crippen molar-refractivity contribution in [1.29, 1.82) is 0 Å². The van der Waals surface area contributed by atoms with E-state index in [1.54, 1.807) is 0 Å². The summed E-state index contributed by atoms with van der Waals surface area (Å²) in [5.74, 6) is 1.76. The van der Waals surface area contributed by atoms with E-state index in [0.29, 0.717) is 12.0 Å². The van der Waals surface area contributed by atoms with E-state index >= 15 is 0 Å². The molecule has 5 rings (SSSR count). The Bertz CT molecular complexity index is 1110. The summed E-state index contributed by atoms with van der Waals surface area (Å²) in [7, 11) is 0. The second-order valence-electron chi connectivity index (χ2n) is 11.2. The highest BCUT2D eigenvalue weighted by Crippen LogP contribution is 2.43. The van der Waals surface area contributed by atoms with Crippen LogP contribution in [-0.4, -0.2) is 36.7 Å². The zero-order valence-electron chi connectivity index (χ0n) is 22.3. The van der Waals surface area contributed by atoms with Gasteiger partial charge in [0, 0.05) is 24.2 Å². The molecule has 0 amide bonds. The molecule has 4 heteroatoms. The first-order valence-corrected chi connectivity index (χ1v) is 13.5. The lowest BCUT2D eigenvalue weighted by Gasteiger charge is -2.38. The van der Waals surface area contributed by atoms with Crippen molar-refractivity contribution >= 4 is 5.69 Å². The van der Waals surface area contributed by atoms with Crippen molar-refractivity contribution in [2.24, 2.45) is 5.92 Å². The van der Waals surface area contributed by atoms with E-state index in [2.05, 4.69) is 98.6 Å². The Hall–Kier alpha value is -2.82. The first kappa shape index (κ1) is 24.9. The summed E-state index contributed by atoms with van der Waals surface area (Å²) in [6, 6.07) is 22.2. The monoisotopic (exact) mass is 483 g/mol. The fourth-order valence-electron chi connectivity index (χ4n) is 6.16. The fourth-order valence-corrected chi connectivity index (χ4v) is 6.16. The van der Waals surface area contributed by atoms with Crippen molar-refractivity contribution in [3.05, 3.63) is 94.0 Å². The summed E-state index contributed by atoms with van der Waals surface area (Å²) in [6.07, 6.45) is 3.35. The molecule has 36 heavy (non-hydrogen) atoms. The number of rotatable bonds is 7. The molecule has 2 aliphatic heterocycles. The van der Waals surface area contributed by atoms with Crippen LogP contribution in [0.4, 0.5) is 5.69 Å². The number of anilines is 1. The van der Waals surface area contributed by atoms with E-state index in [0.717, 1.165) is 49.6 Å². The SMILES string of the molecule is Cc1c(C)c2c(c(C)c1N)CC(C)(CNCC1CCN(C(c3ccccc3)c3ccccc3)CC1)O2. The number of fused-ring (bicyclic) bond motifs is 1. The normalized spacial score (nSPS) is 20.5. The van der Waals surface area contributed by atoms with Gasteiger partial charge in [0.1, 0.15) is 11.4 Å². The second-order valence-corrected chi connectivity index (χ2v) is 11.2. The Morgan fingerprint density at radius 3 is 2.08 bits per heavy atom. The molecule has 3 N–H and O–H groups in total. The molecule has 0 radical (unpaired) electrons. The Balaban J connectivity index is 1.17. The summed E-state index contributed by atoms with van der Waals surface area (Å²) in [4.78, 5) is 2.66. The Morgan fingerprint density at radius 1 is 0.917 bits per heavy atom. The third-order valence-electron chi connectivity index (χ3n) is 8.51. The van der Waals surface area contributed by atoms with Crippen LogP contribution in [0.25, 0.3) is 0 Å². The number of likely N-dealkylation sites (tertiary alicyclic amines) is 1. The maximum absolute atomic E-state index is 6.55. The van der Waals surface area contributed by atoms with Gasteiger partial charge in [-0.1, -0.05) is 60.7 Å². The number of hydrogen-bond acceptors (Lipinski definition) is 4. The average Bonchev–Trinajstić information content (AvgIpc) is 3.26. The zero-order chi connectivity index (χ0) is 25.3. The quantitative estimate of drug-likeness (QED) is 0.406. The predicted molar refractivity (Wildman–Crippen MR) is 150 cm³/mol. The van der Waals surface area contributed by atoms with Crippen molar-refractivity contribution < 1.29 is 4.74 Å². The molecular formula is C32H41N3O. The van der Waals surface area contributed by atoms with Gasteiger partial charge in [-0.2, -0.15) is 0 Å². The van der Waals surface area contributed by atoms with Crippen LogP contribution in [0.2, 0.25) is 0 Å². The highest BCUT2D eigenvalue weighted by atomic mass is 16.5. The molecule has 1 saturated heterocycles. The van der Waals surface area contributed by atoms with Gasteiger partial charge in [0.2, 0.25) is 0 Å². The van der Waals surface area contributed by atoms with Gasteiger partial charge in [-0.05, 0) is 93.9 Å². The molecule has 2 aliphatic rings. The molecule has 0 saturated carbocycles. The zero-order valence-corrected chi connectivity index (χ0v) is 22.3. The largest absolute Gasteiger partial charge is 0.485 e. The van der Waals surface area contributed by atoms with E-state index in [1.807, 2.05) is 0 Å². The lowest BCUT2D eigenvalue weighted by atomic mass is 9.90. The van der Waals surface area contributed by atoms with Crippen molar-refractivity contribution in [2.75, 3.05) is 31.9 Å². The molecule has 3 aromatic rings. The lowest BCUT2D eigenvalue weighted by molar-refractivity contribution is 0.106. The third kappa shape index (κ3) is 4.89. The van der Waals surface area contributed by atoms with E-state index in [4.69, 9.17) is 10.5 Å². The van der Waals surface area contributed by atoms with Crippen LogP contribution in [0.15, 0.2) is 60.7 Å².